The molecule has 1 aromatic carbocycles. The van der Waals surface area contributed by atoms with Crippen LogP contribution in [0.15, 0.2) is 35.1 Å². The highest BCUT2D eigenvalue weighted by Crippen LogP contribution is 2.26. The second kappa shape index (κ2) is 4.04. The molecule has 76 valence electrons. The van der Waals surface area contributed by atoms with Gasteiger partial charge in [0.25, 0.3) is 11.7 Å². The molecule has 0 amide bonds. The van der Waals surface area contributed by atoms with Crippen molar-refractivity contribution in [2.75, 3.05) is 0 Å². The maximum absolute atomic E-state index is 11.8. The second-order valence-electron chi connectivity index (χ2n) is 2.76. The lowest BCUT2D eigenvalue weighted by Crippen LogP contribution is -2.03. The predicted octanol–water partition coefficient (Wildman–Crippen LogP) is 3.21. The summed E-state index contributed by atoms with van der Waals surface area (Å²) in [5, 5.41) is 0.566. The third-order valence-corrected chi connectivity index (χ3v) is 2.45. The number of carbonyl (C=O) groups excluding carboxylic acids is 1. The molecule has 0 unspecified atom stereocenters. The Kier molecular flexibility index (Phi) is 2.75. The summed E-state index contributed by atoms with van der Waals surface area (Å²) in [7, 11) is 0. The number of ketones is 1. The first-order valence-corrected chi connectivity index (χ1v) is 4.84. The number of rotatable bonds is 2. The van der Waals surface area contributed by atoms with E-state index in [0.717, 1.165) is 0 Å². The first-order chi connectivity index (χ1) is 7.20. The summed E-state index contributed by atoms with van der Waals surface area (Å²) in [6.45, 7) is 0. The Hall–Kier alpha value is -1.32. The summed E-state index contributed by atoms with van der Waals surface area (Å²) in [6.07, 6.45) is 2.70. The molecule has 0 bridgehead atoms. The van der Waals surface area contributed by atoms with Crippen molar-refractivity contribution < 1.29 is 9.21 Å². The number of carbonyl (C=O) groups is 1. The van der Waals surface area contributed by atoms with Crippen molar-refractivity contribution in [2.24, 2.45) is 0 Å². The van der Waals surface area contributed by atoms with Crippen molar-refractivity contribution in [1.82, 2.24) is 4.98 Å². The van der Waals surface area contributed by atoms with Crippen LogP contribution < -0.4 is 0 Å². The van der Waals surface area contributed by atoms with Crippen LogP contribution in [0.4, 0.5) is 0 Å². The number of benzene rings is 1. The molecule has 1 heterocycles. The van der Waals surface area contributed by atoms with Gasteiger partial charge in [-0.2, -0.15) is 0 Å². The minimum atomic E-state index is -0.421. The summed E-state index contributed by atoms with van der Waals surface area (Å²) in [5.41, 5.74) is 0.211. The van der Waals surface area contributed by atoms with E-state index in [9.17, 15) is 4.79 Å². The highest BCUT2D eigenvalue weighted by molar-refractivity contribution is 6.40. The van der Waals surface area contributed by atoms with Crippen LogP contribution in [0.2, 0.25) is 10.0 Å². The van der Waals surface area contributed by atoms with E-state index in [2.05, 4.69) is 4.98 Å². The number of nitrogens with zero attached hydrogens (tertiary/aromatic N) is 1. The van der Waals surface area contributed by atoms with E-state index in [4.69, 9.17) is 27.6 Å². The topological polar surface area (TPSA) is 43.1 Å². The minimum Gasteiger partial charge on any atom is -0.442 e. The van der Waals surface area contributed by atoms with Crippen LogP contribution in [0.25, 0.3) is 0 Å². The Morgan fingerprint density at radius 2 is 1.93 bits per heavy atom. The van der Waals surface area contributed by atoms with Crippen LogP contribution in [0.1, 0.15) is 16.2 Å². The van der Waals surface area contributed by atoms with E-state index < -0.39 is 5.78 Å². The molecule has 0 atom stereocenters. The van der Waals surface area contributed by atoms with E-state index in [-0.39, 0.29) is 21.5 Å². The van der Waals surface area contributed by atoms with Gasteiger partial charge in [-0.3, -0.25) is 4.79 Å². The number of aromatic nitrogens is 1. The Labute approximate surface area is 95.6 Å². The smallest absolute Gasteiger partial charge is 0.268 e. The molecule has 0 aliphatic carbocycles. The molecule has 2 aromatic rings. The van der Waals surface area contributed by atoms with Crippen LogP contribution in [0.5, 0.6) is 0 Å². The normalized spacial score (nSPS) is 10.3. The summed E-state index contributed by atoms with van der Waals surface area (Å²) in [5.74, 6) is -0.444. The lowest BCUT2D eigenvalue weighted by atomic mass is 10.1. The molecular weight excluding hydrogens is 237 g/mol. The minimum absolute atomic E-state index is 0.0231. The van der Waals surface area contributed by atoms with Gasteiger partial charge in [0.2, 0.25) is 0 Å². The fourth-order valence-corrected chi connectivity index (χ4v) is 1.73. The second-order valence-corrected chi connectivity index (χ2v) is 3.58. The van der Waals surface area contributed by atoms with Gasteiger partial charge >= 0.3 is 0 Å². The molecule has 0 aliphatic rings. The third-order valence-electron chi connectivity index (χ3n) is 1.82. The lowest BCUT2D eigenvalue weighted by molar-refractivity contribution is 0.100. The van der Waals surface area contributed by atoms with Crippen LogP contribution >= 0.6 is 23.2 Å². The maximum Gasteiger partial charge on any atom is 0.268 e. The van der Waals surface area contributed by atoms with Gasteiger partial charge in [-0.25, -0.2) is 4.98 Å². The van der Waals surface area contributed by atoms with E-state index in [1.807, 2.05) is 0 Å². The number of hydrogen-bond donors (Lipinski definition) is 0. The molecule has 0 N–H and O–H groups in total. The third kappa shape index (κ3) is 1.89. The monoisotopic (exact) mass is 241 g/mol. The molecule has 1 aromatic heterocycles. The summed E-state index contributed by atoms with van der Waals surface area (Å²) in [6, 6.07) is 4.84. The predicted molar refractivity (Wildman–Crippen MR) is 56.4 cm³/mol. The van der Waals surface area contributed by atoms with E-state index in [1.54, 1.807) is 18.2 Å². The van der Waals surface area contributed by atoms with Crippen molar-refractivity contribution in [3.8, 4) is 0 Å². The van der Waals surface area contributed by atoms with Gasteiger partial charge < -0.3 is 4.42 Å². The maximum atomic E-state index is 11.8. The summed E-state index contributed by atoms with van der Waals surface area (Å²) < 4.78 is 4.88. The van der Waals surface area contributed by atoms with Crippen LogP contribution in [-0.4, -0.2) is 10.8 Å². The fourth-order valence-electron chi connectivity index (χ4n) is 1.16. The zero-order valence-corrected chi connectivity index (χ0v) is 8.92. The Morgan fingerprint density at radius 3 is 2.47 bits per heavy atom. The molecular formula is C10H5Cl2NO2. The number of hydrogen-bond acceptors (Lipinski definition) is 3. The molecule has 0 radical (unpaired) electrons. The van der Waals surface area contributed by atoms with Crippen LogP contribution in [0.3, 0.4) is 0 Å². The number of oxazole rings is 1. The first kappa shape index (κ1) is 10.2. The average Bonchev–Trinajstić information content (AvgIpc) is 2.69. The van der Waals surface area contributed by atoms with Crippen molar-refractivity contribution in [3.63, 3.8) is 0 Å². The van der Waals surface area contributed by atoms with Crippen molar-refractivity contribution in [2.45, 2.75) is 0 Å². The lowest BCUT2D eigenvalue weighted by Gasteiger charge is -2.02. The van der Waals surface area contributed by atoms with Gasteiger partial charge in [-0.1, -0.05) is 29.3 Å². The SMILES string of the molecule is O=C(c1ncco1)c1c(Cl)cccc1Cl. The zero-order valence-electron chi connectivity index (χ0n) is 7.41. The van der Waals surface area contributed by atoms with E-state index in [0.29, 0.717) is 0 Å². The van der Waals surface area contributed by atoms with Crippen molar-refractivity contribution in [1.29, 1.82) is 0 Å². The Balaban J connectivity index is 2.51. The van der Waals surface area contributed by atoms with Gasteiger partial charge in [-0.15, -0.1) is 0 Å². The molecule has 0 aliphatic heterocycles. The molecule has 5 heteroatoms. The standard InChI is InChI=1S/C10H5Cl2NO2/c11-6-2-1-3-7(12)8(6)9(14)10-13-4-5-15-10/h1-5H. The summed E-state index contributed by atoms with van der Waals surface area (Å²) >= 11 is 11.7. The Bertz CT molecular complexity index is 474. The zero-order chi connectivity index (χ0) is 10.8. The summed E-state index contributed by atoms with van der Waals surface area (Å²) in [4.78, 5) is 15.6. The first-order valence-electron chi connectivity index (χ1n) is 4.08. The molecule has 0 saturated heterocycles. The molecule has 0 spiro atoms. The average molecular weight is 242 g/mol. The molecule has 0 saturated carbocycles. The Morgan fingerprint density at radius 1 is 1.27 bits per heavy atom. The van der Waals surface area contributed by atoms with Crippen molar-refractivity contribution >= 4 is 29.0 Å². The molecule has 0 fully saturated rings. The van der Waals surface area contributed by atoms with Gasteiger partial charge in [0.05, 0.1) is 21.8 Å². The van der Waals surface area contributed by atoms with Crippen LogP contribution in [-0.2, 0) is 0 Å². The highest BCUT2D eigenvalue weighted by Gasteiger charge is 2.19. The van der Waals surface area contributed by atoms with E-state index in [1.165, 1.54) is 12.5 Å². The largest absolute Gasteiger partial charge is 0.442 e. The molecule has 2 rings (SSSR count). The van der Waals surface area contributed by atoms with Crippen molar-refractivity contribution in [3.05, 3.63) is 52.2 Å². The highest BCUT2D eigenvalue weighted by atomic mass is 35.5. The van der Waals surface area contributed by atoms with Gasteiger partial charge in [0.1, 0.15) is 6.26 Å². The van der Waals surface area contributed by atoms with Crippen LogP contribution in [0, 0.1) is 0 Å². The molecule has 3 nitrogen and oxygen atoms in total. The quantitative estimate of drug-likeness (QED) is 0.759. The molecule has 15 heavy (non-hydrogen) atoms. The number of halogens is 2. The van der Waals surface area contributed by atoms with E-state index >= 15 is 0 Å². The fraction of sp³-hybridized carbons (Fsp3) is 0. The van der Waals surface area contributed by atoms with Gasteiger partial charge in [-0.05, 0) is 12.1 Å². The van der Waals surface area contributed by atoms with Gasteiger partial charge in [0.15, 0.2) is 0 Å². The van der Waals surface area contributed by atoms with Gasteiger partial charge in [0, 0.05) is 0 Å².